The van der Waals surface area contributed by atoms with Crippen molar-refractivity contribution in [3.05, 3.63) is 22.9 Å². The lowest BCUT2D eigenvalue weighted by Gasteiger charge is -1.93. The predicted molar refractivity (Wildman–Crippen MR) is 46.2 cm³/mol. The third kappa shape index (κ3) is 0.939. The molecule has 0 radical (unpaired) electrons. The molecule has 2 rings (SSSR count). The largest absolute Gasteiger partial charge is 0.334 e. The third-order valence-electron chi connectivity index (χ3n) is 1.62. The maximum absolute atomic E-state index is 3.98. The molecule has 0 fully saturated rings. The van der Waals surface area contributed by atoms with Gasteiger partial charge in [0.15, 0.2) is 5.65 Å². The van der Waals surface area contributed by atoms with Gasteiger partial charge in [0.25, 0.3) is 0 Å². The lowest BCUT2D eigenvalue weighted by Crippen LogP contribution is -1.89. The van der Waals surface area contributed by atoms with Crippen molar-refractivity contribution in [2.24, 2.45) is 7.05 Å². The second kappa shape index (κ2) is 2.30. The maximum atomic E-state index is 3.98. The molecule has 0 bridgehead atoms. The molecule has 0 amide bonds. The van der Waals surface area contributed by atoms with Gasteiger partial charge in [-0.15, -0.1) is 5.10 Å². The topological polar surface area (TPSA) is 30.7 Å². The summed E-state index contributed by atoms with van der Waals surface area (Å²) in [7, 11) is 1.95. The van der Waals surface area contributed by atoms with Gasteiger partial charge in [-0.2, -0.15) is 5.10 Å². The molecule has 0 spiro atoms. The molecule has 0 aromatic carbocycles. The van der Waals surface area contributed by atoms with E-state index in [2.05, 4.69) is 26.1 Å². The van der Waals surface area contributed by atoms with Crippen LogP contribution < -0.4 is 0 Å². The van der Waals surface area contributed by atoms with Gasteiger partial charge in [-0.25, -0.2) is 0 Å². The van der Waals surface area contributed by atoms with Crippen LogP contribution in [0.1, 0.15) is 0 Å². The molecule has 0 aliphatic heterocycles. The minimum absolute atomic E-state index is 0.902. The van der Waals surface area contributed by atoms with Crippen LogP contribution in [0.5, 0.6) is 0 Å². The van der Waals surface area contributed by atoms with E-state index in [1.165, 1.54) is 0 Å². The number of fused-ring (bicyclic) bond motifs is 1. The fourth-order valence-corrected chi connectivity index (χ4v) is 1.44. The van der Waals surface area contributed by atoms with Crippen LogP contribution in [0.15, 0.2) is 22.9 Å². The van der Waals surface area contributed by atoms with Crippen LogP contribution in [-0.4, -0.2) is 14.8 Å². The molecule has 56 valence electrons. The lowest BCUT2D eigenvalue weighted by molar-refractivity contribution is 0.916. The first-order valence-electron chi connectivity index (χ1n) is 3.21. The van der Waals surface area contributed by atoms with E-state index in [1.54, 1.807) is 6.20 Å². The Morgan fingerprint density at radius 2 is 2.36 bits per heavy atom. The SMILES string of the molecule is Cn1ccc2c(Br)cnnc21. The second-order valence-electron chi connectivity index (χ2n) is 2.36. The zero-order valence-corrected chi connectivity index (χ0v) is 7.54. The van der Waals surface area contributed by atoms with Gasteiger partial charge in [-0.3, -0.25) is 0 Å². The molecule has 2 aromatic rings. The fraction of sp³-hybridized carbons (Fsp3) is 0.143. The van der Waals surface area contributed by atoms with Crippen LogP contribution >= 0.6 is 15.9 Å². The number of hydrogen-bond donors (Lipinski definition) is 0. The second-order valence-corrected chi connectivity index (χ2v) is 3.21. The van der Waals surface area contributed by atoms with Crippen molar-refractivity contribution < 1.29 is 0 Å². The number of halogens is 1. The van der Waals surface area contributed by atoms with Gasteiger partial charge in [-0.1, -0.05) is 0 Å². The van der Waals surface area contributed by atoms with Gasteiger partial charge >= 0.3 is 0 Å². The lowest BCUT2D eigenvalue weighted by atomic mass is 10.4. The molecule has 11 heavy (non-hydrogen) atoms. The quantitative estimate of drug-likeness (QED) is 0.665. The van der Waals surface area contributed by atoms with Crippen LogP contribution in [0.3, 0.4) is 0 Å². The van der Waals surface area contributed by atoms with Gasteiger partial charge in [0.1, 0.15) is 0 Å². The van der Waals surface area contributed by atoms with Crippen LogP contribution in [0.2, 0.25) is 0 Å². The van der Waals surface area contributed by atoms with Crippen molar-refractivity contribution in [3.63, 3.8) is 0 Å². The Morgan fingerprint density at radius 1 is 1.55 bits per heavy atom. The molecule has 4 heteroatoms. The first-order valence-corrected chi connectivity index (χ1v) is 4.00. The van der Waals surface area contributed by atoms with Gasteiger partial charge < -0.3 is 4.57 Å². The highest BCUT2D eigenvalue weighted by molar-refractivity contribution is 9.10. The molecule has 0 atom stereocenters. The molecule has 0 aliphatic carbocycles. The van der Waals surface area contributed by atoms with E-state index in [0.717, 1.165) is 15.5 Å². The Kier molecular flexibility index (Phi) is 1.42. The zero-order chi connectivity index (χ0) is 7.84. The van der Waals surface area contributed by atoms with Crippen molar-refractivity contribution in [1.29, 1.82) is 0 Å². The minimum atomic E-state index is 0.902. The minimum Gasteiger partial charge on any atom is -0.334 e. The molecular formula is C7H6BrN3. The van der Waals surface area contributed by atoms with E-state index in [1.807, 2.05) is 23.9 Å². The van der Waals surface area contributed by atoms with Crippen molar-refractivity contribution >= 4 is 27.0 Å². The highest BCUT2D eigenvalue weighted by atomic mass is 79.9. The van der Waals surface area contributed by atoms with Crippen LogP contribution in [-0.2, 0) is 7.05 Å². The highest BCUT2D eigenvalue weighted by Gasteiger charge is 2.01. The summed E-state index contributed by atoms with van der Waals surface area (Å²) in [6.07, 6.45) is 3.66. The summed E-state index contributed by atoms with van der Waals surface area (Å²) in [6.45, 7) is 0. The molecule has 2 aromatic heterocycles. The average Bonchev–Trinajstić information content (AvgIpc) is 2.35. The Bertz CT molecular complexity index is 393. The first kappa shape index (κ1) is 6.79. The van der Waals surface area contributed by atoms with Gasteiger partial charge in [0.05, 0.1) is 6.20 Å². The summed E-state index contributed by atoms with van der Waals surface area (Å²) in [6, 6.07) is 2.01. The number of aromatic nitrogens is 3. The van der Waals surface area contributed by atoms with Gasteiger partial charge in [0, 0.05) is 23.1 Å². The summed E-state index contributed by atoms with van der Waals surface area (Å²) in [5.41, 5.74) is 0.902. The average molecular weight is 212 g/mol. The van der Waals surface area contributed by atoms with Crippen molar-refractivity contribution in [3.8, 4) is 0 Å². The van der Waals surface area contributed by atoms with Crippen molar-refractivity contribution in [1.82, 2.24) is 14.8 Å². The Morgan fingerprint density at radius 3 is 3.09 bits per heavy atom. The Labute approximate surface area is 72.2 Å². The summed E-state index contributed by atoms with van der Waals surface area (Å²) >= 11 is 3.39. The zero-order valence-electron chi connectivity index (χ0n) is 5.95. The molecule has 2 heterocycles. The number of rotatable bonds is 0. The maximum Gasteiger partial charge on any atom is 0.163 e. The van der Waals surface area contributed by atoms with E-state index in [4.69, 9.17) is 0 Å². The first-order chi connectivity index (χ1) is 5.29. The summed E-state index contributed by atoms with van der Waals surface area (Å²) in [5, 5.41) is 8.91. The monoisotopic (exact) mass is 211 g/mol. The van der Waals surface area contributed by atoms with Crippen LogP contribution in [0, 0.1) is 0 Å². The van der Waals surface area contributed by atoms with E-state index in [0.29, 0.717) is 0 Å². The Balaban J connectivity index is 2.94. The van der Waals surface area contributed by atoms with Crippen molar-refractivity contribution in [2.45, 2.75) is 0 Å². The van der Waals surface area contributed by atoms with Crippen molar-refractivity contribution in [2.75, 3.05) is 0 Å². The molecule has 0 saturated carbocycles. The van der Waals surface area contributed by atoms with Crippen LogP contribution in [0.25, 0.3) is 11.0 Å². The smallest absolute Gasteiger partial charge is 0.163 e. The summed E-state index contributed by atoms with van der Waals surface area (Å²) < 4.78 is 2.93. The van der Waals surface area contributed by atoms with Crippen LogP contribution in [0.4, 0.5) is 0 Å². The number of aryl methyl sites for hydroxylation is 1. The molecule has 0 unspecified atom stereocenters. The number of nitrogens with zero attached hydrogens (tertiary/aromatic N) is 3. The third-order valence-corrected chi connectivity index (χ3v) is 2.25. The van der Waals surface area contributed by atoms with Gasteiger partial charge in [0.2, 0.25) is 0 Å². The van der Waals surface area contributed by atoms with E-state index < -0.39 is 0 Å². The standard InChI is InChI=1S/C7H6BrN3/c1-11-3-2-5-6(8)4-9-10-7(5)11/h2-4H,1H3. The fourth-order valence-electron chi connectivity index (χ4n) is 1.04. The molecule has 0 saturated heterocycles. The van der Waals surface area contributed by atoms with E-state index >= 15 is 0 Å². The Hall–Kier alpha value is -0.900. The number of hydrogen-bond acceptors (Lipinski definition) is 2. The summed E-state index contributed by atoms with van der Waals surface area (Å²) in [4.78, 5) is 0. The predicted octanol–water partition coefficient (Wildman–Crippen LogP) is 1.73. The summed E-state index contributed by atoms with van der Waals surface area (Å²) in [5.74, 6) is 0. The molecular weight excluding hydrogens is 206 g/mol. The molecule has 3 nitrogen and oxygen atoms in total. The van der Waals surface area contributed by atoms with E-state index in [9.17, 15) is 0 Å². The van der Waals surface area contributed by atoms with Gasteiger partial charge in [-0.05, 0) is 22.0 Å². The highest BCUT2D eigenvalue weighted by Crippen LogP contribution is 2.20. The molecule has 0 aliphatic rings. The van der Waals surface area contributed by atoms with E-state index in [-0.39, 0.29) is 0 Å². The molecule has 0 N–H and O–H groups in total. The normalized spacial score (nSPS) is 10.7.